The van der Waals surface area contributed by atoms with Crippen molar-refractivity contribution >= 4 is 17.2 Å². The average molecular weight is 177 g/mol. The van der Waals surface area contributed by atoms with Gasteiger partial charge < -0.3 is 5.73 Å². The van der Waals surface area contributed by atoms with E-state index in [1.807, 2.05) is 12.1 Å². The molecule has 2 aromatic rings. The molecule has 0 spiro atoms. The van der Waals surface area contributed by atoms with E-state index in [1.54, 1.807) is 29.2 Å². The first-order valence-electron chi connectivity index (χ1n) is 3.47. The first kappa shape index (κ1) is 7.24. The van der Waals surface area contributed by atoms with E-state index in [1.165, 1.54) is 0 Å². The van der Waals surface area contributed by atoms with Crippen LogP contribution in [-0.4, -0.2) is 9.97 Å². The second-order valence-electron chi connectivity index (χ2n) is 2.30. The van der Waals surface area contributed by atoms with Gasteiger partial charge in [0.1, 0.15) is 5.82 Å². The van der Waals surface area contributed by atoms with Crippen LogP contribution in [0.25, 0.3) is 10.4 Å². The van der Waals surface area contributed by atoms with Crippen LogP contribution < -0.4 is 5.73 Å². The van der Waals surface area contributed by atoms with Crippen molar-refractivity contribution in [3.05, 3.63) is 30.0 Å². The molecule has 0 bridgehead atoms. The van der Waals surface area contributed by atoms with Gasteiger partial charge in [0.25, 0.3) is 0 Å². The fourth-order valence-corrected chi connectivity index (χ4v) is 1.63. The number of nitrogens with zero attached hydrogens (tertiary/aromatic N) is 2. The number of nitrogen functional groups attached to an aromatic ring is 1. The zero-order valence-corrected chi connectivity index (χ0v) is 7.08. The smallest absolute Gasteiger partial charge is 0.132 e. The third kappa shape index (κ3) is 1.16. The minimum atomic E-state index is 0.557. The number of hydrogen-bond donors (Lipinski definition) is 1. The molecule has 60 valence electrons. The number of rotatable bonds is 1. The maximum atomic E-state index is 5.68. The summed E-state index contributed by atoms with van der Waals surface area (Å²) in [5.41, 5.74) is 8.42. The van der Waals surface area contributed by atoms with Crippen LogP contribution in [0, 0.1) is 0 Å². The SMILES string of the molecule is Nc1ncccc1-c1cncs1. The number of thiazole rings is 1. The predicted molar refractivity (Wildman–Crippen MR) is 49.8 cm³/mol. The third-order valence-electron chi connectivity index (χ3n) is 1.54. The van der Waals surface area contributed by atoms with Crippen molar-refractivity contribution in [3.8, 4) is 10.4 Å². The lowest BCUT2D eigenvalue weighted by molar-refractivity contribution is 1.34. The molecular weight excluding hydrogens is 170 g/mol. The minimum absolute atomic E-state index is 0.557. The molecule has 0 aliphatic rings. The molecule has 0 fully saturated rings. The van der Waals surface area contributed by atoms with Gasteiger partial charge in [-0.25, -0.2) is 4.98 Å². The highest BCUT2D eigenvalue weighted by atomic mass is 32.1. The summed E-state index contributed by atoms with van der Waals surface area (Å²) < 4.78 is 0. The van der Waals surface area contributed by atoms with Gasteiger partial charge in [0.2, 0.25) is 0 Å². The van der Waals surface area contributed by atoms with Crippen LogP contribution >= 0.6 is 11.3 Å². The van der Waals surface area contributed by atoms with Crippen molar-refractivity contribution in [2.24, 2.45) is 0 Å². The maximum Gasteiger partial charge on any atom is 0.132 e. The molecular formula is C8H7N3S. The van der Waals surface area contributed by atoms with Gasteiger partial charge in [0.15, 0.2) is 0 Å². The summed E-state index contributed by atoms with van der Waals surface area (Å²) in [6.07, 6.45) is 3.47. The summed E-state index contributed by atoms with van der Waals surface area (Å²) in [4.78, 5) is 9.02. The maximum absolute atomic E-state index is 5.68. The van der Waals surface area contributed by atoms with Gasteiger partial charge in [0.05, 0.1) is 10.4 Å². The van der Waals surface area contributed by atoms with Gasteiger partial charge in [-0.05, 0) is 12.1 Å². The average Bonchev–Trinajstić information content (AvgIpc) is 2.57. The Balaban J connectivity index is 2.55. The zero-order chi connectivity index (χ0) is 8.39. The topological polar surface area (TPSA) is 51.8 Å². The Morgan fingerprint density at radius 2 is 2.33 bits per heavy atom. The van der Waals surface area contributed by atoms with E-state index >= 15 is 0 Å². The highest BCUT2D eigenvalue weighted by molar-refractivity contribution is 7.13. The van der Waals surface area contributed by atoms with Gasteiger partial charge in [-0.2, -0.15) is 0 Å². The van der Waals surface area contributed by atoms with E-state index < -0.39 is 0 Å². The van der Waals surface area contributed by atoms with Crippen molar-refractivity contribution in [3.63, 3.8) is 0 Å². The van der Waals surface area contributed by atoms with Crippen molar-refractivity contribution in [2.45, 2.75) is 0 Å². The van der Waals surface area contributed by atoms with E-state index in [0.717, 1.165) is 10.4 Å². The molecule has 0 aromatic carbocycles. The van der Waals surface area contributed by atoms with Crippen LogP contribution in [-0.2, 0) is 0 Å². The molecule has 2 heterocycles. The van der Waals surface area contributed by atoms with Gasteiger partial charge >= 0.3 is 0 Å². The molecule has 0 aliphatic heterocycles. The molecule has 12 heavy (non-hydrogen) atoms. The van der Waals surface area contributed by atoms with Crippen molar-refractivity contribution in [2.75, 3.05) is 5.73 Å². The van der Waals surface area contributed by atoms with Gasteiger partial charge in [0, 0.05) is 18.0 Å². The number of pyridine rings is 1. The summed E-state index contributed by atoms with van der Waals surface area (Å²) in [6.45, 7) is 0. The lowest BCUT2D eigenvalue weighted by Crippen LogP contribution is -1.91. The lowest BCUT2D eigenvalue weighted by atomic mass is 10.2. The molecule has 0 aliphatic carbocycles. The predicted octanol–water partition coefficient (Wildman–Crippen LogP) is 1.79. The second kappa shape index (κ2) is 2.91. The molecule has 0 saturated heterocycles. The summed E-state index contributed by atoms with van der Waals surface area (Å²) in [5.74, 6) is 0.557. The highest BCUT2D eigenvalue weighted by Gasteiger charge is 2.02. The molecule has 2 N–H and O–H groups in total. The molecule has 3 nitrogen and oxygen atoms in total. The number of aromatic nitrogens is 2. The number of hydrogen-bond acceptors (Lipinski definition) is 4. The molecule has 0 radical (unpaired) electrons. The fraction of sp³-hybridized carbons (Fsp3) is 0. The highest BCUT2D eigenvalue weighted by Crippen LogP contribution is 2.26. The number of anilines is 1. The Morgan fingerprint density at radius 3 is 3.00 bits per heavy atom. The van der Waals surface area contributed by atoms with Gasteiger partial charge in [-0.1, -0.05) is 0 Å². The van der Waals surface area contributed by atoms with E-state index in [9.17, 15) is 0 Å². The van der Waals surface area contributed by atoms with Crippen molar-refractivity contribution in [1.29, 1.82) is 0 Å². The Morgan fingerprint density at radius 1 is 1.42 bits per heavy atom. The molecule has 0 saturated carbocycles. The number of nitrogens with two attached hydrogens (primary N) is 1. The summed E-state index contributed by atoms with van der Waals surface area (Å²) in [7, 11) is 0. The van der Waals surface area contributed by atoms with Crippen LogP contribution in [0.3, 0.4) is 0 Å². The van der Waals surface area contributed by atoms with Crippen molar-refractivity contribution in [1.82, 2.24) is 9.97 Å². The Labute approximate surface area is 73.9 Å². The van der Waals surface area contributed by atoms with Gasteiger partial charge in [-0.15, -0.1) is 11.3 Å². The molecule has 0 amide bonds. The molecule has 0 atom stereocenters. The third-order valence-corrected chi connectivity index (χ3v) is 2.34. The summed E-state index contributed by atoms with van der Waals surface area (Å²) in [5, 5.41) is 0. The first-order valence-corrected chi connectivity index (χ1v) is 4.35. The largest absolute Gasteiger partial charge is 0.383 e. The zero-order valence-electron chi connectivity index (χ0n) is 6.27. The monoisotopic (exact) mass is 177 g/mol. The Bertz CT molecular complexity index is 370. The Hall–Kier alpha value is -1.42. The van der Waals surface area contributed by atoms with Crippen LogP contribution in [0.4, 0.5) is 5.82 Å². The molecule has 2 aromatic heterocycles. The van der Waals surface area contributed by atoms with Gasteiger partial charge in [-0.3, -0.25) is 4.98 Å². The molecule has 4 heteroatoms. The minimum Gasteiger partial charge on any atom is -0.383 e. The van der Waals surface area contributed by atoms with Crippen LogP contribution in [0.5, 0.6) is 0 Å². The lowest BCUT2D eigenvalue weighted by Gasteiger charge is -1.98. The first-order chi connectivity index (χ1) is 5.88. The van der Waals surface area contributed by atoms with Crippen LogP contribution in [0.1, 0.15) is 0 Å². The van der Waals surface area contributed by atoms with Crippen LogP contribution in [0.15, 0.2) is 30.0 Å². The molecule has 2 rings (SSSR count). The fourth-order valence-electron chi connectivity index (χ4n) is 0.975. The molecule has 0 unspecified atom stereocenters. The summed E-state index contributed by atoms with van der Waals surface area (Å²) in [6, 6.07) is 3.81. The van der Waals surface area contributed by atoms with Crippen molar-refractivity contribution < 1.29 is 0 Å². The second-order valence-corrected chi connectivity index (χ2v) is 3.19. The van der Waals surface area contributed by atoms with E-state index in [-0.39, 0.29) is 0 Å². The van der Waals surface area contributed by atoms with E-state index in [4.69, 9.17) is 5.73 Å². The van der Waals surface area contributed by atoms with Crippen LogP contribution in [0.2, 0.25) is 0 Å². The normalized spacial score (nSPS) is 10.0. The summed E-state index contributed by atoms with van der Waals surface area (Å²) >= 11 is 1.56. The van der Waals surface area contributed by atoms with E-state index in [0.29, 0.717) is 5.82 Å². The Kier molecular flexibility index (Phi) is 1.75. The van der Waals surface area contributed by atoms with E-state index in [2.05, 4.69) is 9.97 Å². The quantitative estimate of drug-likeness (QED) is 0.722. The standard InChI is InChI=1S/C8H7N3S/c9-8-6(2-1-3-11-8)7-4-10-5-12-7/h1-5H,(H2,9,11).